The third-order valence-electron chi connectivity index (χ3n) is 2.78. The lowest BCUT2D eigenvalue weighted by Crippen LogP contribution is -1.94. The van der Waals surface area contributed by atoms with Gasteiger partial charge in [-0.05, 0) is 30.2 Å². The van der Waals surface area contributed by atoms with Gasteiger partial charge in [-0.25, -0.2) is 4.39 Å². The van der Waals surface area contributed by atoms with Gasteiger partial charge in [0.1, 0.15) is 5.75 Å². The number of methoxy groups -OCH3 is 1. The van der Waals surface area contributed by atoms with Crippen LogP contribution in [0.4, 0.5) is 4.39 Å². The molecule has 0 aliphatic heterocycles. The van der Waals surface area contributed by atoms with Gasteiger partial charge in [-0.2, -0.15) is 0 Å². The van der Waals surface area contributed by atoms with Gasteiger partial charge in [-0.15, -0.1) is 0 Å². The highest BCUT2D eigenvalue weighted by Crippen LogP contribution is 2.27. The zero-order valence-electron chi connectivity index (χ0n) is 9.98. The highest BCUT2D eigenvalue weighted by Gasteiger charge is 2.11. The molecule has 0 saturated heterocycles. The van der Waals surface area contributed by atoms with E-state index in [0.29, 0.717) is 11.1 Å². The molecule has 2 heteroatoms. The highest BCUT2D eigenvalue weighted by atomic mass is 19.1. The van der Waals surface area contributed by atoms with Gasteiger partial charge in [0.05, 0.1) is 7.11 Å². The molecule has 0 heterocycles. The van der Waals surface area contributed by atoms with Crippen molar-refractivity contribution in [1.82, 2.24) is 0 Å². The van der Waals surface area contributed by atoms with Crippen LogP contribution >= 0.6 is 0 Å². The molecule has 0 saturated carbocycles. The van der Waals surface area contributed by atoms with E-state index in [4.69, 9.17) is 4.74 Å². The van der Waals surface area contributed by atoms with Crippen molar-refractivity contribution in [2.24, 2.45) is 0 Å². The topological polar surface area (TPSA) is 9.23 Å². The number of hydrogen-bond acceptors (Lipinski definition) is 1. The van der Waals surface area contributed by atoms with Crippen molar-refractivity contribution in [2.75, 3.05) is 7.11 Å². The maximum Gasteiger partial charge on any atom is 0.150 e. The van der Waals surface area contributed by atoms with E-state index in [0.717, 1.165) is 11.3 Å². The summed E-state index contributed by atoms with van der Waals surface area (Å²) in [5.74, 6) is 0.741. The molecule has 0 spiro atoms. The Balaban J connectivity index is 2.23. The molecule has 1 atom stereocenters. The number of benzene rings is 2. The lowest BCUT2D eigenvalue weighted by molar-refractivity contribution is 0.398. The average molecular weight is 230 g/mol. The van der Waals surface area contributed by atoms with Gasteiger partial charge in [0, 0.05) is 0 Å². The molecule has 17 heavy (non-hydrogen) atoms. The van der Waals surface area contributed by atoms with Crippen LogP contribution in [-0.4, -0.2) is 7.11 Å². The Morgan fingerprint density at radius 1 is 0.882 bits per heavy atom. The van der Waals surface area contributed by atoms with E-state index in [9.17, 15) is 4.39 Å². The number of hydrogen-bond donors (Lipinski definition) is 0. The molecule has 0 aliphatic rings. The van der Waals surface area contributed by atoms with Gasteiger partial charge in [0.15, 0.2) is 6.17 Å². The van der Waals surface area contributed by atoms with Gasteiger partial charge in [-0.3, -0.25) is 0 Å². The van der Waals surface area contributed by atoms with Gasteiger partial charge < -0.3 is 4.74 Å². The van der Waals surface area contributed by atoms with Gasteiger partial charge in [0.2, 0.25) is 0 Å². The molecular formula is C15H15FO. The molecule has 2 aromatic carbocycles. The summed E-state index contributed by atoms with van der Waals surface area (Å²) >= 11 is 0. The molecule has 0 bridgehead atoms. The second kappa shape index (κ2) is 5.00. The standard InChI is InChI=1S/C15H15FO/c1-11-3-5-12(6-4-11)15(16)13-7-9-14(17-2)10-8-13/h3-10,15H,1-2H3. The molecule has 88 valence electrons. The second-order valence-corrected chi connectivity index (χ2v) is 4.05. The summed E-state index contributed by atoms with van der Waals surface area (Å²) in [5.41, 5.74) is 2.46. The quantitative estimate of drug-likeness (QED) is 0.772. The zero-order valence-corrected chi connectivity index (χ0v) is 9.98. The summed E-state index contributed by atoms with van der Waals surface area (Å²) in [6.07, 6.45) is -1.08. The van der Waals surface area contributed by atoms with Crippen molar-refractivity contribution in [3.8, 4) is 5.75 Å². The smallest absolute Gasteiger partial charge is 0.150 e. The Bertz CT molecular complexity index is 473. The van der Waals surface area contributed by atoms with Gasteiger partial charge >= 0.3 is 0 Å². The van der Waals surface area contributed by atoms with Crippen molar-refractivity contribution in [1.29, 1.82) is 0 Å². The Labute approximate surface area is 101 Å². The van der Waals surface area contributed by atoms with Crippen LogP contribution in [-0.2, 0) is 0 Å². The minimum Gasteiger partial charge on any atom is -0.497 e. The Kier molecular flexibility index (Phi) is 3.43. The molecule has 0 fully saturated rings. The minimum absolute atomic E-state index is 0.648. The van der Waals surface area contributed by atoms with Crippen LogP contribution in [0.15, 0.2) is 48.5 Å². The third-order valence-corrected chi connectivity index (χ3v) is 2.78. The van der Waals surface area contributed by atoms with Crippen LogP contribution in [0.2, 0.25) is 0 Å². The summed E-state index contributed by atoms with van der Waals surface area (Å²) < 4.78 is 19.2. The fraction of sp³-hybridized carbons (Fsp3) is 0.200. The van der Waals surface area contributed by atoms with Crippen molar-refractivity contribution in [3.63, 3.8) is 0 Å². The van der Waals surface area contributed by atoms with Crippen LogP contribution in [0.1, 0.15) is 22.9 Å². The molecule has 1 unspecified atom stereocenters. The Morgan fingerprint density at radius 3 is 1.82 bits per heavy atom. The normalized spacial score (nSPS) is 12.2. The lowest BCUT2D eigenvalue weighted by atomic mass is 10.0. The van der Waals surface area contributed by atoms with E-state index in [1.54, 1.807) is 31.4 Å². The Hall–Kier alpha value is -1.83. The molecular weight excluding hydrogens is 215 g/mol. The number of halogens is 1. The molecule has 1 nitrogen and oxygen atoms in total. The Morgan fingerprint density at radius 2 is 1.35 bits per heavy atom. The van der Waals surface area contributed by atoms with Crippen LogP contribution in [0, 0.1) is 6.92 Å². The number of aryl methyl sites for hydroxylation is 1. The molecule has 0 aliphatic carbocycles. The fourth-order valence-electron chi connectivity index (χ4n) is 1.70. The van der Waals surface area contributed by atoms with Crippen molar-refractivity contribution < 1.29 is 9.13 Å². The number of rotatable bonds is 3. The molecule has 0 aromatic heterocycles. The summed E-state index contributed by atoms with van der Waals surface area (Å²) in [7, 11) is 1.60. The van der Waals surface area contributed by atoms with Crippen LogP contribution in [0.3, 0.4) is 0 Å². The lowest BCUT2D eigenvalue weighted by Gasteiger charge is -2.10. The van der Waals surface area contributed by atoms with E-state index in [2.05, 4.69) is 0 Å². The molecule has 0 N–H and O–H groups in total. The molecule has 0 amide bonds. The summed E-state index contributed by atoms with van der Waals surface area (Å²) in [4.78, 5) is 0. The first kappa shape index (κ1) is 11.6. The first-order valence-electron chi connectivity index (χ1n) is 5.55. The molecule has 2 aromatic rings. The number of ether oxygens (including phenoxy) is 1. The van der Waals surface area contributed by atoms with E-state index < -0.39 is 6.17 Å². The van der Waals surface area contributed by atoms with Crippen LogP contribution in [0.5, 0.6) is 5.75 Å². The minimum atomic E-state index is -1.08. The monoisotopic (exact) mass is 230 g/mol. The van der Waals surface area contributed by atoms with Gasteiger partial charge in [-0.1, -0.05) is 42.0 Å². The summed E-state index contributed by atoms with van der Waals surface area (Å²) in [6, 6.07) is 14.5. The molecule has 2 rings (SSSR count). The van der Waals surface area contributed by atoms with Crippen molar-refractivity contribution >= 4 is 0 Å². The number of alkyl halides is 1. The average Bonchev–Trinajstić information content (AvgIpc) is 2.39. The largest absolute Gasteiger partial charge is 0.497 e. The summed E-state index contributed by atoms with van der Waals surface area (Å²) in [6.45, 7) is 1.99. The molecule has 0 radical (unpaired) electrons. The predicted molar refractivity (Wildman–Crippen MR) is 67.1 cm³/mol. The first-order chi connectivity index (χ1) is 8.20. The zero-order chi connectivity index (χ0) is 12.3. The van der Waals surface area contributed by atoms with E-state index in [1.165, 1.54) is 0 Å². The summed E-state index contributed by atoms with van der Waals surface area (Å²) in [5, 5.41) is 0. The van der Waals surface area contributed by atoms with Crippen molar-refractivity contribution in [3.05, 3.63) is 65.2 Å². The first-order valence-corrected chi connectivity index (χ1v) is 5.55. The van der Waals surface area contributed by atoms with Gasteiger partial charge in [0.25, 0.3) is 0 Å². The maximum atomic E-state index is 14.2. The van der Waals surface area contributed by atoms with Crippen molar-refractivity contribution in [2.45, 2.75) is 13.1 Å². The maximum absolute atomic E-state index is 14.2. The van der Waals surface area contributed by atoms with E-state index in [1.807, 2.05) is 31.2 Å². The second-order valence-electron chi connectivity index (χ2n) is 4.05. The highest BCUT2D eigenvalue weighted by molar-refractivity contribution is 5.35. The SMILES string of the molecule is COc1ccc(C(F)c2ccc(C)cc2)cc1. The predicted octanol–water partition coefficient (Wildman–Crippen LogP) is 4.06. The third kappa shape index (κ3) is 2.64. The fourth-order valence-corrected chi connectivity index (χ4v) is 1.70. The van der Waals surface area contributed by atoms with Crippen LogP contribution < -0.4 is 4.74 Å². The van der Waals surface area contributed by atoms with E-state index >= 15 is 0 Å². The van der Waals surface area contributed by atoms with E-state index in [-0.39, 0.29) is 0 Å². The van der Waals surface area contributed by atoms with Crippen LogP contribution in [0.25, 0.3) is 0 Å².